The number of halogens is 1. The number of fused-ring (bicyclic) bond motifs is 1. The summed E-state index contributed by atoms with van der Waals surface area (Å²) in [7, 11) is 0. The number of pyridine rings is 1. The van der Waals surface area contributed by atoms with Gasteiger partial charge >= 0.3 is 0 Å². The third kappa shape index (κ3) is 2.61. The first kappa shape index (κ1) is 12.5. The van der Waals surface area contributed by atoms with E-state index in [2.05, 4.69) is 15.2 Å². The Morgan fingerprint density at radius 3 is 3.05 bits per heavy atom. The van der Waals surface area contributed by atoms with Crippen LogP contribution in [0.4, 0.5) is 4.39 Å². The molecule has 3 rings (SSSR count). The molecule has 5 heteroatoms. The Balaban J connectivity index is 1.66. The molecule has 0 aliphatic carbocycles. The molecule has 3 heterocycles. The highest BCUT2D eigenvalue weighted by Crippen LogP contribution is 2.27. The largest absolute Gasteiger partial charge is 0.346 e. The molecule has 1 aromatic heterocycles. The second kappa shape index (κ2) is 5.25. The van der Waals surface area contributed by atoms with Gasteiger partial charge in [0.15, 0.2) is 0 Å². The first-order valence-electron chi connectivity index (χ1n) is 6.91. The quantitative estimate of drug-likeness (QED) is 0.824. The number of hydrogen-bond acceptors (Lipinski definition) is 3. The molecule has 19 heavy (non-hydrogen) atoms. The third-order valence-electron chi connectivity index (χ3n) is 4.12. The molecule has 2 aliphatic rings. The van der Waals surface area contributed by atoms with Crippen LogP contribution < -0.4 is 5.32 Å². The van der Waals surface area contributed by atoms with Crippen LogP contribution in [0.2, 0.25) is 0 Å². The Labute approximate surface area is 112 Å². The van der Waals surface area contributed by atoms with Crippen molar-refractivity contribution in [3.8, 4) is 0 Å². The van der Waals surface area contributed by atoms with Gasteiger partial charge in [0.1, 0.15) is 5.69 Å². The number of aromatic nitrogens is 1. The van der Waals surface area contributed by atoms with E-state index < -0.39 is 5.95 Å². The summed E-state index contributed by atoms with van der Waals surface area (Å²) in [6.45, 7) is 2.18. The number of rotatable bonds is 2. The highest BCUT2D eigenvalue weighted by Gasteiger charge is 2.36. The molecule has 1 amide bonds. The topological polar surface area (TPSA) is 45.2 Å². The summed E-state index contributed by atoms with van der Waals surface area (Å²) >= 11 is 0. The van der Waals surface area contributed by atoms with Crippen molar-refractivity contribution in [2.45, 2.75) is 37.8 Å². The lowest BCUT2D eigenvalue weighted by molar-refractivity contribution is 0.0909. The highest BCUT2D eigenvalue weighted by atomic mass is 19.1. The summed E-state index contributed by atoms with van der Waals surface area (Å²) in [5, 5.41) is 3.01. The molecule has 2 unspecified atom stereocenters. The van der Waals surface area contributed by atoms with Crippen LogP contribution in [-0.4, -0.2) is 41.0 Å². The van der Waals surface area contributed by atoms with Crippen molar-refractivity contribution in [3.63, 3.8) is 0 Å². The Hall–Kier alpha value is -1.49. The Morgan fingerprint density at radius 2 is 2.21 bits per heavy atom. The number of carbonyl (C=O) groups is 1. The molecule has 4 nitrogen and oxygen atoms in total. The number of hydrogen-bond donors (Lipinski definition) is 1. The van der Waals surface area contributed by atoms with Gasteiger partial charge < -0.3 is 5.32 Å². The first-order valence-corrected chi connectivity index (χ1v) is 6.91. The summed E-state index contributed by atoms with van der Waals surface area (Å²) < 4.78 is 13.0. The van der Waals surface area contributed by atoms with Gasteiger partial charge in [0.25, 0.3) is 5.91 Å². The number of nitrogens with zero attached hydrogens (tertiary/aromatic N) is 2. The molecule has 0 radical (unpaired) electrons. The minimum atomic E-state index is -0.613. The van der Waals surface area contributed by atoms with Crippen LogP contribution in [-0.2, 0) is 0 Å². The lowest BCUT2D eigenvalue weighted by atomic mass is 9.99. The normalized spacial score (nSPS) is 27.0. The summed E-state index contributed by atoms with van der Waals surface area (Å²) in [6, 6.07) is 4.93. The molecule has 0 bridgehead atoms. The van der Waals surface area contributed by atoms with E-state index in [0.29, 0.717) is 6.04 Å². The van der Waals surface area contributed by atoms with Gasteiger partial charge in [-0.15, -0.1) is 0 Å². The van der Waals surface area contributed by atoms with E-state index in [1.54, 1.807) is 6.07 Å². The zero-order valence-electron chi connectivity index (χ0n) is 10.8. The van der Waals surface area contributed by atoms with Crippen LogP contribution in [0.15, 0.2) is 18.2 Å². The van der Waals surface area contributed by atoms with Gasteiger partial charge in [0.2, 0.25) is 5.95 Å². The minimum Gasteiger partial charge on any atom is -0.346 e. The molecule has 0 spiro atoms. The smallest absolute Gasteiger partial charge is 0.270 e. The fourth-order valence-electron chi connectivity index (χ4n) is 3.19. The number of piperidine rings is 1. The van der Waals surface area contributed by atoms with E-state index in [-0.39, 0.29) is 17.6 Å². The van der Waals surface area contributed by atoms with Gasteiger partial charge in [-0.1, -0.05) is 12.5 Å². The van der Waals surface area contributed by atoms with Crippen LogP contribution in [0.5, 0.6) is 0 Å². The molecular weight excluding hydrogens is 245 g/mol. The zero-order valence-corrected chi connectivity index (χ0v) is 10.8. The van der Waals surface area contributed by atoms with E-state index in [1.807, 2.05) is 0 Å². The molecule has 1 N–H and O–H groups in total. The van der Waals surface area contributed by atoms with Gasteiger partial charge in [-0.3, -0.25) is 9.69 Å². The standard InChI is InChI=1S/C14H18FN3O/c15-13-6-3-4-11(16-13)14(19)17-10-7-9-18-8-2-1-5-12(10)18/h3-4,6,10,12H,1-2,5,7-9H2,(H,17,19). The fourth-order valence-corrected chi connectivity index (χ4v) is 3.19. The average molecular weight is 263 g/mol. The predicted molar refractivity (Wildman–Crippen MR) is 69.3 cm³/mol. The molecule has 2 fully saturated rings. The van der Waals surface area contributed by atoms with Crippen molar-refractivity contribution >= 4 is 5.91 Å². The summed E-state index contributed by atoms with van der Waals surface area (Å²) in [4.78, 5) is 18.1. The van der Waals surface area contributed by atoms with Crippen molar-refractivity contribution in [1.29, 1.82) is 0 Å². The Morgan fingerprint density at radius 1 is 1.32 bits per heavy atom. The van der Waals surface area contributed by atoms with Crippen molar-refractivity contribution in [1.82, 2.24) is 15.2 Å². The van der Waals surface area contributed by atoms with Crippen molar-refractivity contribution in [2.75, 3.05) is 13.1 Å². The van der Waals surface area contributed by atoms with Gasteiger partial charge in [-0.2, -0.15) is 4.39 Å². The second-order valence-corrected chi connectivity index (χ2v) is 5.31. The molecule has 102 valence electrons. The van der Waals surface area contributed by atoms with Crippen LogP contribution in [0.1, 0.15) is 36.2 Å². The van der Waals surface area contributed by atoms with E-state index in [0.717, 1.165) is 25.9 Å². The second-order valence-electron chi connectivity index (χ2n) is 5.31. The molecule has 0 aromatic carbocycles. The average Bonchev–Trinajstić information content (AvgIpc) is 2.82. The van der Waals surface area contributed by atoms with Gasteiger partial charge in [0, 0.05) is 18.6 Å². The molecule has 2 saturated heterocycles. The van der Waals surface area contributed by atoms with Crippen molar-refractivity contribution in [3.05, 3.63) is 29.8 Å². The highest BCUT2D eigenvalue weighted by molar-refractivity contribution is 5.92. The number of amides is 1. The lowest BCUT2D eigenvalue weighted by Gasteiger charge is -2.32. The van der Waals surface area contributed by atoms with E-state index >= 15 is 0 Å². The van der Waals surface area contributed by atoms with Gasteiger partial charge in [-0.25, -0.2) is 4.98 Å². The van der Waals surface area contributed by atoms with E-state index in [4.69, 9.17) is 0 Å². The molecule has 0 saturated carbocycles. The fraction of sp³-hybridized carbons (Fsp3) is 0.571. The molecule has 2 atom stereocenters. The maximum Gasteiger partial charge on any atom is 0.270 e. The monoisotopic (exact) mass is 263 g/mol. The van der Waals surface area contributed by atoms with Crippen LogP contribution in [0.3, 0.4) is 0 Å². The first-order chi connectivity index (χ1) is 9.24. The van der Waals surface area contributed by atoms with Crippen LogP contribution in [0.25, 0.3) is 0 Å². The zero-order chi connectivity index (χ0) is 13.2. The summed E-state index contributed by atoms with van der Waals surface area (Å²) in [5.41, 5.74) is 0.161. The lowest BCUT2D eigenvalue weighted by Crippen LogP contribution is -2.46. The van der Waals surface area contributed by atoms with Gasteiger partial charge in [-0.05, 0) is 37.9 Å². The van der Waals surface area contributed by atoms with Gasteiger partial charge in [0.05, 0.1) is 0 Å². The van der Waals surface area contributed by atoms with Crippen molar-refractivity contribution < 1.29 is 9.18 Å². The summed E-state index contributed by atoms with van der Waals surface area (Å²) in [5.74, 6) is -0.879. The van der Waals surface area contributed by atoms with Crippen LogP contribution >= 0.6 is 0 Å². The van der Waals surface area contributed by atoms with E-state index in [1.165, 1.54) is 25.0 Å². The number of carbonyl (C=O) groups excluding carboxylic acids is 1. The maximum absolute atomic E-state index is 13.0. The van der Waals surface area contributed by atoms with Crippen LogP contribution in [0, 0.1) is 5.95 Å². The van der Waals surface area contributed by atoms with Crippen molar-refractivity contribution in [2.24, 2.45) is 0 Å². The summed E-state index contributed by atoms with van der Waals surface area (Å²) in [6.07, 6.45) is 4.60. The third-order valence-corrected chi connectivity index (χ3v) is 4.12. The molecular formula is C14H18FN3O. The SMILES string of the molecule is O=C(NC1CCN2CCCCC12)c1cccc(F)n1. The van der Waals surface area contributed by atoms with E-state index in [9.17, 15) is 9.18 Å². The predicted octanol–water partition coefficient (Wildman–Crippen LogP) is 1.58. The Kier molecular flexibility index (Phi) is 3.46. The molecule has 2 aliphatic heterocycles. The maximum atomic E-state index is 13.0. The Bertz CT molecular complexity index is 480. The molecule has 1 aromatic rings. The number of nitrogens with one attached hydrogen (secondary N) is 1. The minimum absolute atomic E-state index is 0.161.